The van der Waals surface area contributed by atoms with E-state index in [4.69, 9.17) is 4.74 Å². The highest BCUT2D eigenvalue weighted by molar-refractivity contribution is 7.85. The van der Waals surface area contributed by atoms with E-state index in [1.54, 1.807) is 6.08 Å². The maximum absolute atomic E-state index is 12.2. The van der Waals surface area contributed by atoms with E-state index in [9.17, 15) is 17.8 Å². The Bertz CT molecular complexity index is 828. The van der Waals surface area contributed by atoms with Crippen molar-refractivity contribution in [2.24, 2.45) is 0 Å². The summed E-state index contributed by atoms with van der Waals surface area (Å²) in [6, 6.07) is 9.36. The van der Waals surface area contributed by atoms with Gasteiger partial charge in [0.15, 0.2) is 0 Å². The van der Waals surface area contributed by atoms with Crippen LogP contribution in [0.15, 0.2) is 43.0 Å². The fourth-order valence-electron chi connectivity index (χ4n) is 4.76. The van der Waals surface area contributed by atoms with Crippen LogP contribution in [0.5, 0.6) is 0 Å². The van der Waals surface area contributed by atoms with E-state index in [-0.39, 0.29) is 25.2 Å². The first-order chi connectivity index (χ1) is 18.4. The summed E-state index contributed by atoms with van der Waals surface area (Å²) >= 11 is 0. The molecule has 0 saturated carbocycles. The van der Waals surface area contributed by atoms with E-state index in [1.807, 2.05) is 35.2 Å². The number of unbranched alkanes of at least 4 members (excludes halogenated alkanes) is 14. The van der Waals surface area contributed by atoms with Crippen molar-refractivity contribution in [3.05, 3.63) is 48.6 Å². The van der Waals surface area contributed by atoms with Crippen LogP contribution in [-0.4, -0.2) is 49.3 Å². The molecule has 0 heterocycles. The smallest absolute Gasteiger partial charge is 0.305 e. The summed E-state index contributed by atoms with van der Waals surface area (Å²) in [6.07, 6.45) is 21.4. The van der Waals surface area contributed by atoms with Crippen molar-refractivity contribution in [3.8, 4) is 0 Å². The van der Waals surface area contributed by atoms with E-state index in [1.165, 1.54) is 77.0 Å². The summed E-state index contributed by atoms with van der Waals surface area (Å²) < 4.78 is 37.2. The van der Waals surface area contributed by atoms with Gasteiger partial charge in [0.2, 0.25) is 0 Å². The van der Waals surface area contributed by atoms with Gasteiger partial charge in [0.25, 0.3) is 10.1 Å². The fourth-order valence-corrected chi connectivity index (χ4v) is 5.22. The SMILES string of the molecule is C=CC(c1ccccc1)N(CCOC(=O)CCCCCCCCCCCCCCCCC)CCS(=O)(=O)O. The molecule has 0 aromatic heterocycles. The number of hydrogen-bond donors (Lipinski definition) is 1. The summed E-state index contributed by atoms with van der Waals surface area (Å²) in [7, 11) is -4.10. The van der Waals surface area contributed by atoms with Crippen molar-refractivity contribution in [2.75, 3.05) is 25.4 Å². The minimum Gasteiger partial charge on any atom is -0.464 e. The first-order valence-corrected chi connectivity index (χ1v) is 16.5. The standard InChI is InChI=1S/C31H53NO5S/c1-3-5-6-7-8-9-10-11-12-13-14-15-16-17-21-24-31(33)37-27-25-32(26-28-38(34,35)36)30(4-2)29-22-19-18-20-23-29/h4,18-20,22-23,30H,2-3,5-17,21,24-28H2,1H3,(H,34,35,36). The molecule has 7 heteroatoms. The van der Waals surface area contributed by atoms with Crippen LogP contribution in [0.2, 0.25) is 0 Å². The number of benzene rings is 1. The van der Waals surface area contributed by atoms with Gasteiger partial charge in [-0.1, -0.05) is 133 Å². The van der Waals surface area contributed by atoms with Crippen LogP contribution in [-0.2, 0) is 19.6 Å². The zero-order valence-electron chi connectivity index (χ0n) is 23.8. The molecule has 1 unspecified atom stereocenters. The molecule has 1 aromatic carbocycles. The van der Waals surface area contributed by atoms with E-state index < -0.39 is 15.9 Å². The monoisotopic (exact) mass is 551 g/mol. The van der Waals surface area contributed by atoms with E-state index >= 15 is 0 Å². The number of hydrogen-bond acceptors (Lipinski definition) is 5. The Labute approximate surface area is 233 Å². The molecule has 0 fully saturated rings. The third-order valence-corrected chi connectivity index (χ3v) is 7.72. The summed E-state index contributed by atoms with van der Waals surface area (Å²) in [4.78, 5) is 14.0. The van der Waals surface area contributed by atoms with Crippen molar-refractivity contribution in [2.45, 2.75) is 116 Å². The Morgan fingerprint density at radius 3 is 1.84 bits per heavy atom. The van der Waals surface area contributed by atoms with Gasteiger partial charge in [-0.3, -0.25) is 14.2 Å². The molecule has 0 spiro atoms. The summed E-state index contributed by atoms with van der Waals surface area (Å²) in [5.74, 6) is -0.610. The molecular weight excluding hydrogens is 498 g/mol. The van der Waals surface area contributed by atoms with Crippen LogP contribution in [0.3, 0.4) is 0 Å². The Balaban J connectivity index is 2.15. The van der Waals surface area contributed by atoms with Gasteiger partial charge in [-0.25, -0.2) is 0 Å². The number of carbonyl (C=O) groups excluding carboxylic acids is 1. The number of rotatable bonds is 25. The zero-order valence-corrected chi connectivity index (χ0v) is 24.6. The summed E-state index contributed by atoms with van der Waals surface area (Å²) in [5, 5.41) is 0. The molecule has 0 aliphatic rings. The number of esters is 1. The molecule has 0 amide bonds. The van der Waals surface area contributed by atoms with Gasteiger partial charge in [0, 0.05) is 19.5 Å². The molecule has 0 bridgehead atoms. The number of ether oxygens (including phenoxy) is 1. The molecule has 218 valence electrons. The van der Waals surface area contributed by atoms with E-state index in [2.05, 4.69) is 13.5 Å². The summed E-state index contributed by atoms with van der Waals surface area (Å²) in [6.45, 7) is 6.78. The molecule has 1 rings (SSSR count). The maximum Gasteiger partial charge on any atom is 0.305 e. The second kappa shape index (κ2) is 22.2. The van der Waals surface area contributed by atoms with Crippen molar-refractivity contribution in [3.63, 3.8) is 0 Å². The van der Waals surface area contributed by atoms with Crippen LogP contribution < -0.4 is 0 Å². The van der Waals surface area contributed by atoms with Crippen LogP contribution in [0, 0.1) is 0 Å². The Morgan fingerprint density at radius 2 is 1.37 bits per heavy atom. The third kappa shape index (κ3) is 18.5. The molecule has 0 aliphatic heterocycles. The second-order valence-corrected chi connectivity index (χ2v) is 11.9. The lowest BCUT2D eigenvalue weighted by molar-refractivity contribution is -0.144. The number of nitrogens with zero attached hydrogens (tertiary/aromatic N) is 1. The van der Waals surface area contributed by atoms with E-state index in [0.717, 1.165) is 24.8 Å². The normalized spacial score (nSPS) is 12.5. The average Bonchev–Trinajstić information content (AvgIpc) is 2.89. The topological polar surface area (TPSA) is 83.9 Å². The molecule has 0 radical (unpaired) electrons. The fraction of sp³-hybridized carbons (Fsp3) is 0.710. The van der Waals surface area contributed by atoms with Gasteiger partial charge in [-0.2, -0.15) is 8.42 Å². The van der Waals surface area contributed by atoms with Crippen LogP contribution >= 0.6 is 0 Å². The third-order valence-electron chi connectivity index (χ3n) is 7.02. The largest absolute Gasteiger partial charge is 0.464 e. The predicted octanol–water partition coefficient (Wildman–Crippen LogP) is 7.91. The molecule has 1 N–H and O–H groups in total. The van der Waals surface area contributed by atoms with Crippen molar-refractivity contribution < 1.29 is 22.5 Å². The first kappa shape index (κ1) is 34.3. The quantitative estimate of drug-likeness (QED) is 0.0575. The lowest BCUT2D eigenvalue weighted by Gasteiger charge is -2.29. The van der Waals surface area contributed by atoms with Crippen LogP contribution in [0.4, 0.5) is 0 Å². The molecule has 0 aliphatic carbocycles. The molecule has 1 aromatic rings. The highest BCUT2D eigenvalue weighted by Crippen LogP contribution is 2.21. The van der Waals surface area contributed by atoms with Crippen LogP contribution in [0.25, 0.3) is 0 Å². The lowest BCUT2D eigenvalue weighted by Crippen LogP contribution is -2.35. The number of carbonyl (C=O) groups is 1. The Hall–Kier alpha value is -1.70. The predicted molar refractivity (Wildman–Crippen MR) is 158 cm³/mol. The summed E-state index contributed by atoms with van der Waals surface area (Å²) in [5.41, 5.74) is 0.960. The molecule has 1 atom stereocenters. The van der Waals surface area contributed by atoms with Gasteiger partial charge in [-0.15, -0.1) is 6.58 Å². The van der Waals surface area contributed by atoms with Crippen LogP contribution in [0.1, 0.15) is 121 Å². The zero-order chi connectivity index (χ0) is 27.9. The van der Waals surface area contributed by atoms with Gasteiger partial charge in [-0.05, 0) is 12.0 Å². The molecule has 38 heavy (non-hydrogen) atoms. The van der Waals surface area contributed by atoms with Gasteiger partial charge in [0.1, 0.15) is 6.61 Å². The van der Waals surface area contributed by atoms with Gasteiger partial charge < -0.3 is 4.74 Å². The molecular formula is C31H53NO5S. The molecule has 6 nitrogen and oxygen atoms in total. The van der Waals surface area contributed by atoms with E-state index in [0.29, 0.717) is 13.0 Å². The Morgan fingerprint density at radius 1 is 0.868 bits per heavy atom. The highest BCUT2D eigenvalue weighted by atomic mass is 32.2. The van der Waals surface area contributed by atoms with Gasteiger partial charge in [0.05, 0.1) is 11.8 Å². The average molecular weight is 552 g/mol. The molecule has 0 saturated heterocycles. The first-order valence-electron chi connectivity index (χ1n) is 14.9. The second-order valence-electron chi connectivity index (χ2n) is 10.3. The van der Waals surface area contributed by atoms with Crippen molar-refractivity contribution >= 4 is 16.1 Å². The lowest BCUT2D eigenvalue weighted by atomic mass is 10.0. The minimum atomic E-state index is -4.10. The van der Waals surface area contributed by atoms with Crippen molar-refractivity contribution in [1.82, 2.24) is 4.90 Å². The van der Waals surface area contributed by atoms with Crippen molar-refractivity contribution in [1.29, 1.82) is 0 Å². The minimum absolute atomic E-state index is 0.112. The van der Waals surface area contributed by atoms with Gasteiger partial charge >= 0.3 is 5.97 Å². The highest BCUT2D eigenvalue weighted by Gasteiger charge is 2.20. The Kier molecular flexibility index (Phi) is 20.0. The maximum atomic E-state index is 12.2.